The quantitative estimate of drug-likeness (QED) is 0.800. The topological polar surface area (TPSA) is 44.5 Å². The first kappa shape index (κ1) is 13.6. The molecule has 92 valence electrons. The second kappa shape index (κ2) is 6.35. The third kappa shape index (κ3) is 4.22. The summed E-state index contributed by atoms with van der Waals surface area (Å²) in [5, 5.41) is 2.04. The average Bonchev–Trinajstić information content (AvgIpc) is 2.78. The summed E-state index contributed by atoms with van der Waals surface area (Å²) in [4.78, 5) is 1.19. The number of hydrogen-bond acceptors (Lipinski definition) is 4. The van der Waals surface area contributed by atoms with Gasteiger partial charge >= 0.3 is 0 Å². The fraction of sp³-hybridized carbons (Fsp3) is 0.667. The minimum atomic E-state index is -0.130. The highest BCUT2D eigenvalue weighted by molar-refractivity contribution is 7.10. The summed E-state index contributed by atoms with van der Waals surface area (Å²) in [5.74, 6) is 0. The molecule has 0 aromatic carbocycles. The first-order valence-corrected chi connectivity index (χ1v) is 6.37. The van der Waals surface area contributed by atoms with Crippen LogP contribution in [0.4, 0.5) is 0 Å². The Morgan fingerprint density at radius 1 is 1.50 bits per heavy atom. The third-order valence-corrected chi connectivity index (χ3v) is 3.61. The van der Waals surface area contributed by atoms with Gasteiger partial charge < -0.3 is 15.2 Å². The summed E-state index contributed by atoms with van der Waals surface area (Å²) in [5.41, 5.74) is 5.57. The number of nitrogens with two attached hydrogens (primary N) is 1. The van der Waals surface area contributed by atoms with Crippen LogP contribution in [0.3, 0.4) is 0 Å². The van der Waals surface area contributed by atoms with Gasteiger partial charge in [-0.25, -0.2) is 0 Å². The van der Waals surface area contributed by atoms with E-state index >= 15 is 0 Å². The van der Waals surface area contributed by atoms with Crippen molar-refractivity contribution in [2.24, 2.45) is 5.73 Å². The summed E-state index contributed by atoms with van der Waals surface area (Å²) in [6, 6.07) is 4.08. The second-order valence-electron chi connectivity index (χ2n) is 4.32. The molecule has 0 aliphatic carbocycles. The molecule has 2 N–H and O–H groups in total. The van der Waals surface area contributed by atoms with Gasteiger partial charge in [0.2, 0.25) is 0 Å². The zero-order valence-electron chi connectivity index (χ0n) is 10.2. The van der Waals surface area contributed by atoms with Crippen LogP contribution in [-0.4, -0.2) is 25.9 Å². The van der Waals surface area contributed by atoms with Crippen LogP contribution in [0.15, 0.2) is 17.5 Å². The van der Waals surface area contributed by atoms with Gasteiger partial charge in [-0.2, -0.15) is 0 Å². The number of thiophene rings is 1. The van der Waals surface area contributed by atoms with Crippen molar-refractivity contribution in [1.82, 2.24) is 0 Å². The summed E-state index contributed by atoms with van der Waals surface area (Å²) in [7, 11) is 1.72. The average molecular weight is 243 g/mol. The molecule has 0 fully saturated rings. The molecule has 0 bridgehead atoms. The molecule has 1 aromatic rings. The second-order valence-corrected chi connectivity index (χ2v) is 5.30. The van der Waals surface area contributed by atoms with Crippen LogP contribution in [0, 0.1) is 0 Å². The lowest BCUT2D eigenvalue weighted by atomic mass is 10.1. The number of hydrogen-bond donors (Lipinski definition) is 1. The van der Waals surface area contributed by atoms with E-state index < -0.39 is 0 Å². The predicted molar refractivity (Wildman–Crippen MR) is 67.8 cm³/mol. The van der Waals surface area contributed by atoms with Crippen LogP contribution in [0.1, 0.15) is 31.2 Å². The zero-order valence-corrected chi connectivity index (χ0v) is 11.0. The maximum Gasteiger partial charge on any atom is 0.104 e. The lowest BCUT2D eigenvalue weighted by molar-refractivity contribution is -0.0250. The number of methoxy groups -OCH3 is 1. The van der Waals surface area contributed by atoms with E-state index in [0.717, 1.165) is 6.42 Å². The van der Waals surface area contributed by atoms with Crippen molar-refractivity contribution < 1.29 is 9.47 Å². The van der Waals surface area contributed by atoms with E-state index in [0.29, 0.717) is 13.2 Å². The maximum atomic E-state index is 5.78. The van der Waals surface area contributed by atoms with Gasteiger partial charge in [0.1, 0.15) is 6.10 Å². The van der Waals surface area contributed by atoms with Crippen molar-refractivity contribution in [2.45, 2.75) is 32.0 Å². The third-order valence-electron chi connectivity index (χ3n) is 2.65. The molecule has 1 unspecified atom stereocenters. The van der Waals surface area contributed by atoms with Crippen LogP contribution >= 0.6 is 11.3 Å². The lowest BCUT2D eigenvalue weighted by Gasteiger charge is -2.24. The molecule has 1 rings (SSSR count). The summed E-state index contributed by atoms with van der Waals surface area (Å²) in [6.07, 6.45) is 0.887. The molecule has 4 heteroatoms. The normalized spacial score (nSPS) is 14.0. The molecular weight excluding hydrogens is 222 g/mol. The minimum absolute atomic E-state index is 0.0210. The molecule has 3 nitrogen and oxygen atoms in total. The molecule has 0 saturated carbocycles. The number of rotatable bonds is 7. The first-order valence-electron chi connectivity index (χ1n) is 5.49. The smallest absolute Gasteiger partial charge is 0.104 e. The molecule has 1 aromatic heterocycles. The summed E-state index contributed by atoms with van der Waals surface area (Å²) >= 11 is 1.68. The zero-order chi connectivity index (χ0) is 12.0. The highest BCUT2D eigenvalue weighted by Crippen LogP contribution is 2.22. The molecule has 1 heterocycles. The highest BCUT2D eigenvalue weighted by atomic mass is 32.1. The molecule has 1 atom stereocenters. The Morgan fingerprint density at radius 3 is 2.75 bits per heavy atom. The van der Waals surface area contributed by atoms with Crippen LogP contribution in [-0.2, 0) is 9.47 Å². The van der Waals surface area contributed by atoms with Gasteiger partial charge in [-0.1, -0.05) is 6.07 Å². The van der Waals surface area contributed by atoms with Gasteiger partial charge in [-0.15, -0.1) is 11.3 Å². The molecule has 0 spiro atoms. The Bertz CT molecular complexity index is 285. The Labute approximate surface area is 102 Å². The van der Waals surface area contributed by atoms with E-state index in [-0.39, 0.29) is 11.7 Å². The largest absolute Gasteiger partial charge is 0.379 e. The van der Waals surface area contributed by atoms with Crippen molar-refractivity contribution >= 4 is 11.3 Å². The Kier molecular flexibility index (Phi) is 5.41. The molecular formula is C12H21NO2S. The van der Waals surface area contributed by atoms with Crippen molar-refractivity contribution in [3.63, 3.8) is 0 Å². The fourth-order valence-corrected chi connectivity index (χ4v) is 2.08. The van der Waals surface area contributed by atoms with Gasteiger partial charge in [0, 0.05) is 18.5 Å². The monoisotopic (exact) mass is 243 g/mol. The first-order chi connectivity index (χ1) is 7.59. The SMILES string of the molecule is COC(C)(C)CCOC(CN)c1cccs1. The standard InChI is InChI=1S/C12H21NO2S/c1-12(2,14-3)6-7-15-10(9-13)11-5-4-8-16-11/h4-5,8,10H,6-7,9,13H2,1-3H3. The maximum absolute atomic E-state index is 5.78. The van der Waals surface area contributed by atoms with Crippen molar-refractivity contribution in [2.75, 3.05) is 20.3 Å². The van der Waals surface area contributed by atoms with Crippen molar-refractivity contribution in [1.29, 1.82) is 0 Å². The van der Waals surface area contributed by atoms with E-state index in [1.54, 1.807) is 18.4 Å². The van der Waals surface area contributed by atoms with Gasteiger partial charge in [0.15, 0.2) is 0 Å². The Hall–Kier alpha value is -0.420. The van der Waals surface area contributed by atoms with Crippen LogP contribution in [0.5, 0.6) is 0 Å². The lowest BCUT2D eigenvalue weighted by Crippen LogP contribution is -2.26. The van der Waals surface area contributed by atoms with Crippen LogP contribution < -0.4 is 5.73 Å². The minimum Gasteiger partial charge on any atom is -0.379 e. The molecule has 0 aliphatic rings. The number of ether oxygens (including phenoxy) is 2. The van der Waals surface area contributed by atoms with Gasteiger partial charge in [0.25, 0.3) is 0 Å². The van der Waals surface area contributed by atoms with E-state index in [9.17, 15) is 0 Å². The van der Waals surface area contributed by atoms with Crippen LogP contribution in [0.25, 0.3) is 0 Å². The Balaban J connectivity index is 2.36. The van der Waals surface area contributed by atoms with Crippen LogP contribution in [0.2, 0.25) is 0 Å². The van der Waals surface area contributed by atoms with Gasteiger partial charge in [-0.3, -0.25) is 0 Å². The molecule has 16 heavy (non-hydrogen) atoms. The van der Waals surface area contributed by atoms with Crippen molar-refractivity contribution in [3.8, 4) is 0 Å². The fourth-order valence-electron chi connectivity index (χ4n) is 1.29. The van der Waals surface area contributed by atoms with Gasteiger partial charge in [-0.05, 0) is 31.7 Å². The van der Waals surface area contributed by atoms with Crippen molar-refractivity contribution in [3.05, 3.63) is 22.4 Å². The van der Waals surface area contributed by atoms with E-state index in [4.69, 9.17) is 15.2 Å². The Morgan fingerprint density at radius 2 is 2.25 bits per heavy atom. The van der Waals surface area contributed by atoms with E-state index in [1.807, 2.05) is 11.4 Å². The molecule has 0 amide bonds. The summed E-state index contributed by atoms with van der Waals surface area (Å²) < 4.78 is 11.1. The van der Waals surface area contributed by atoms with E-state index in [2.05, 4.69) is 19.9 Å². The van der Waals surface area contributed by atoms with E-state index in [1.165, 1.54) is 4.88 Å². The molecule has 0 saturated heterocycles. The summed E-state index contributed by atoms with van der Waals surface area (Å²) in [6.45, 7) is 5.30. The predicted octanol–water partition coefficient (Wildman–Crippen LogP) is 2.58. The molecule has 0 aliphatic heterocycles. The van der Waals surface area contributed by atoms with Gasteiger partial charge in [0.05, 0.1) is 12.2 Å². The molecule has 0 radical (unpaired) electrons. The highest BCUT2D eigenvalue weighted by Gasteiger charge is 2.18.